The van der Waals surface area contributed by atoms with E-state index in [4.69, 9.17) is 5.73 Å². The maximum absolute atomic E-state index is 10.8. The minimum Gasteiger partial charge on any atom is -0.363 e. The Bertz CT molecular complexity index is 484. The first-order chi connectivity index (χ1) is 7.75. The summed E-state index contributed by atoms with van der Waals surface area (Å²) in [5, 5.41) is 7.84. The lowest BCUT2D eigenvalue weighted by atomic mass is 10.2. The van der Waals surface area contributed by atoms with Crippen molar-refractivity contribution in [2.24, 2.45) is 5.73 Å². The van der Waals surface area contributed by atoms with E-state index < -0.39 is 5.91 Å². The first-order valence-electron chi connectivity index (χ1n) is 4.56. The van der Waals surface area contributed by atoms with Crippen molar-refractivity contribution in [3.8, 4) is 0 Å². The largest absolute Gasteiger partial charge is 0.363 e. The Kier molecular flexibility index (Phi) is 3.53. The van der Waals surface area contributed by atoms with Crippen molar-refractivity contribution < 1.29 is 4.79 Å². The average molecular weight is 251 g/mol. The van der Waals surface area contributed by atoms with Crippen molar-refractivity contribution in [1.82, 2.24) is 10.2 Å². The van der Waals surface area contributed by atoms with Gasteiger partial charge in [-0.2, -0.15) is 0 Å². The minimum atomic E-state index is -0.524. The average Bonchev–Trinajstić information content (AvgIpc) is 2.76. The van der Waals surface area contributed by atoms with Crippen LogP contribution in [0.25, 0.3) is 0 Å². The summed E-state index contributed by atoms with van der Waals surface area (Å²) in [7, 11) is 0. The van der Waals surface area contributed by atoms with Gasteiger partial charge in [0.1, 0.15) is 0 Å². The minimum absolute atomic E-state index is 0.260. The molecule has 6 heteroatoms. The zero-order valence-electron chi connectivity index (χ0n) is 8.29. The van der Waals surface area contributed by atoms with Gasteiger partial charge in [0.05, 0.1) is 0 Å². The van der Waals surface area contributed by atoms with Crippen LogP contribution < -0.4 is 5.73 Å². The summed E-state index contributed by atoms with van der Waals surface area (Å²) >= 11 is 2.78. The Morgan fingerprint density at radius 3 is 2.69 bits per heavy atom. The molecule has 0 spiro atoms. The van der Waals surface area contributed by atoms with Crippen LogP contribution in [0.15, 0.2) is 34.7 Å². The van der Waals surface area contributed by atoms with Gasteiger partial charge in [0, 0.05) is 5.75 Å². The van der Waals surface area contributed by atoms with Crippen molar-refractivity contribution in [2.75, 3.05) is 0 Å². The molecule has 16 heavy (non-hydrogen) atoms. The van der Waals surface area contributed by atoms with E-state index in [2.05, 4.69) is 10.2 Å². The molecule has 82 valence electrons. The van der Waals surface area contributed by atoms with Crippen LogP contribution in [0.2, 0.25) is 0 Å². The second kappa shape index (κ2) is 5.09. The van der Waals surface area contributed by atoms with Gasteiger partial charge >= 0.3 is 0 Å². The normalized spacial score (nSPS) is 10.2. The molecule has 0 aliphatic heterocycles. The van der Waals surface area contributed by atoms with Gasteiger partial charge in [0.15, 0.2) is 4.34 Å². The van der Waals surface area contributed by atoms with Crippen molar-refractivity contribution in [3.63, 3.8) is 0 Å². The number of nitrogens with two attached hydrogens (primary N) is 1. The summed E-state index contributed by atoms with van der Waals surface area (Å²) in [5.74, 6) is 0.290. The zero-order chi connectivity index (χ0) is 11.4. The third-order valence-corrected chi connectivity index (χ3v) is 3.96. The van der Waals surface area contributed by atoms with Gasteiger partial charge in [-0.15, -0.1) is 10.2 Å². The van der Waals surface area contributed by atoms with E-state index in [1.807, 2.05) is 30.3 Å². The molecule has 0 fully saturated rings. The highest BCUT2D eigenvalue weighted by Gasteiger charge is 2.09. The molecule has 0 saturated heterocycles. The molecule has 2 N–H and O–H groups in total. The Morgan fingerprint density at radius 2 is 2.06 bits per heavy atom. The maximum atomic E-state index is 10.8. The molecule has 0 radical (unpaired) electrons. The molecule has 0 saturated carbocycles. The van der Waals surface area contributed by atoms with Crippen LogP contribution in [0, 0.1) is 0 Å². The quantitative estimate of drug-likeness (QED) is 0.843. The number of hydrogen-bond acceptors (Lipinski definition) is 5. The predicted octanol–water partition coefficient (Wildman–Crippen LogP) is 1.93. The van der Waals surface area contributed by atoms with Crippen LogP contribution in [0.1, 0.15) is 15.4 Å². The standard InChI is InChI=1S/C10H9N3OS2/c11-8(14)9-12-13-10(16-9)15-6-7-4-2-1-3-5-7/h1-5H,6H2,(H2,11,14). The molecule has 0 atom stereocenters. The lowest BCUT2D eigenvalue weighted by Gasteiger charge is -1.96. The van der Waals surface area contributed by atoms with Crippen molar-refractivity contribution >= 4 is 29.0 Å². The molecule has 0 bridgehead atoms. The molecule has 1 aromatic heterocycles. The lowest BCUT2D eigenvalue weighted by molar-refractivity contribution is 0.0999. The Labute approximate surface area is 101 Å². The lowest BCUT2D eigenvalue weighted by Crippen LogP contribution is -2.10. The molecule has 0 aliphatic carbocycles. The number of thioether (sulfide) groups is 1. The van der Waals surface area contributed by atoms with E-state index in [-0.39, 0.29) is 5.01 Å². The van der Waals surface area contributed by atoms with E-state index in [0.717, 1.165) is 10.1 Å². The molecule has 2 aromatic rings. The van der Waals surface area contributed by atoms with E-state index in [9.17, 15) is 4.79 Å². The third-order valence-electron chi connectivity index (χ3n) is 1.82. The summed E-state index contributed by atoms with van der Waals surface area (Å²) in [6.07, 6.45) is 0. The van der Waals surface area contributed by atoms with Crippen molar-refractivity contribution in [1.29, 1.82) is 0 Å². The Balaban J connectivity index is 1.97. The van der Waals surface area contributed by atoms with Crippen LogP contribution in [-0.4, -0.2) is 16.1 Å². The van der Waals surface area contributed by atoms with Gasteiger partial charge in [-0.1, -0.05) is 53.4 Å². The van der Waals surface area contributed by atoms with Crippen LogP contribution in [0.4, 0.5) is 0 Å². The Morgan fingerprint density at radius 1 is 1.31 bits per heavy atom. The number of aromatic nitrogens is 2. The van der Waals surface area contributed by atoms with Crippen LogP contribution in [0.5, 0.6) is 0 Å². The zero-order valence-corrected chi connectivity index (χ0v) is 9.92. The topological polar surface area (TPSA) is 68.9 Å². The number of carbonyl (C=O) groups is 1. The molecule has 0 unspecified atom stereocenters. The summed E-state index contributed by atoms with van der Waals surface area (Å²) in [6.45, 7) is 0. The number of carbonyl (C=O) groups excluding carboxylic acids is 1. The van der Waals surface area contributed by atoms with E-state index >= 15 is 0 Å². The molecular formula is C10H9N3OS2. The fraction of sp³-hybridized carbons (Fsp3) is 0.100. The summed E-state index contributed by atoms with van der Waals surface area (Å²) in [6, 6.07) is 10.0. The highest BCUT2D eigenvalue weighted by Crippen LogP contribution is 2.25. The van der Waals surface area contributed by atoms with Crippen LogP contribution >= 0.6 is 23.1 Å². The molecule has 1 amide bonds. The number of rotatable bonds is 4. The molecule has 1 heterocycles. The van der Waals surface area contributed by atoms with Crippen LogP contribution in [0.3, 0.4) is 0 Å². The molecule has 4 nitrogen and oxygen atoms in total. The molecule has 2 rings (SSSR count). The van der Waals surface area contributed by atoms with Gasteiger partial charge in [-0.25, -0.2) is 0 Å². The van der Waals surface area contributed by atoms with Gasteiger partial charge in [-0.3, -0.25) is 4.79 Å². The number of primary amides is 1. The third kappa shape index (κ3) is 2.80. The number of amides is 1. The fourth-order valence-corrected chi connectivity index (χ4v) is 2.75. The molecule has 1 aromatic carbocycles. The number of hydrogen-bond donors (Lipinski definition) is 1. The second-order valence-corrected chi connectivity index (χ2v) is 5.21. The summed E-state index contributed by atoms with van der Waals surface area (Å²) in [4.78, 5) is 10.8. The number of benzene rings is 1. The van der Waals surface area contributed by atoms with Crippen LogP contribution in [-0.2, 0) is 5.75 Å². The summed E-state index contributed by atoms with van der Waals surface area (Å²) in [5.41, 5.74) is 6.31. The van der Waals surface area contributed by atoms with Gasteiger partial charge in [-0.05, 0) is 5.56 Å². The number of nitrogens with zero attached hydrogens (tertiary/aromatic N) is 2. The highest BCUT2D eigenvalue weighted by atomic mass is 32.2. The molecular weight excluding hydrogens is 242 g/mol. The second-order valence-electron chi connectivity index (χ2n) is 3.01. The van der Waals surface area contributed by atoms with Gasteiger partial charge in [0.2, 0.25) is 5.01 Å². The fourth-order valence-electron chi connectivity index (χ4n) is 1.09. The Hall–Kier alpha value is -1.40. The maximum Gasteiger partial charge on any atom is 0.279 e. The monoisotopic (exact) mass is 251 g/mol. The predicted molar refractivity (Wildman–Crippen MR) is 64.4 cm³/mol. The first kappa shape index (κ1) is 11.1. The van der Waals surface area contributed by atoms with Gasteiger partial charge < -0.3 is 5.73 Å². The SMILES string of the molecule is NC(=O)c1nnc(SCc2ccccc2)s1. The van der Waals surface area contributed by atoms with Crippen molar-refractivity contribution in [3.05, 3.63) is 40.9 Å². The molecule has 0 aliphatic rings. The van der Waals surface area contributed by atoms with Crippen molar-refractivity contribution in [2.45, 2.75) is 10.1 Å². The smallest absolute Gasteiger partial charge is 0.279 e. The summed E-state index contributed by atoms with van der Waals surface area (Å²) < 4.78 is 0.762. The highest BCUT2D eigenvalue weighted by molar-refractivity contribution is 8.00. The van der Waals surface area contributed by atoms with E-state index in [1.165, 1.54) is 16.9 Å². The van der Waals surface area contributed by atoms with Gasteiger partial charge in [0.25, 0.3) is 5.91 Å². The van der Waals surface area contributed by atoms with E-state index in [1.54, 1.807) is 11.8 Å². The first-order valence-corrected chi connectivity index (χ1v) is 6.36. The van der Waals surface area contributed by atoms with E-state index in [0.29, 0.717) is 0 Å².